The van der Waals surface area contributed by atoms with Crippen molar-refractivity contribution >= 4 is 34.6 Å². The molecule has 2 heterocycles. The van der Waals surface area contributed by atoms with Gasteiger partial charge in [-0.25, -0.2) is 15.0 Å². The number of nitrogens with two attached hydrogens (primary N) is 1. The van der Waals surface area contributed by atoms with Crippen LogP contribution in [0.4, 0.5) is 23.0 Å². The highest BCUT2D eigenvalue weighted by atomic mass is 35.5. The van der Waals surface area contributed by atoms with Gasteiger partial charge < -0.3 is 16.4 Å². The normalized spacial score (nSPS) is 15.5. The smallest absolute Gasteiger partial charge is 0.159 e. The van der Waals surface area contributed by atoms with Gasteiger partial charge in [0, 0.05) is 12.2 Å². The number of nitrogens with zero attached hydrogens (tertiary/aromatic N) is 3. The molecule has 4 N–H and O–H groups in total. The van der Waals surface area contributed by atoms with Crippen molar-refractivity contribution in [3.8, 4) is 0 Å². The molecule has 22 heavy (non-hydrogen) atoms. The largest absolute Gasteiger partial charge is 0.393 e. The van der Waals surface area contributed by atoms with Gasteiger partial charge in [0.15, 0.2) is 16.8 Å². The van der Waals surface area contributed by atoms with E-state index in [4.69, 9.17) is 17.3 Å². The van der Waals surface area contributed by atoms with Crippen LogP contribution in [0.5, 0.6) is 0 Å². The molecule has 0 atom stereocenters. The lowest BCUT2D eigenvalue weighted by Gasteiger charge is -2.24. The average Bonchev–Trinajstić information content (AvgIpc) is 2.54. The number of nitrogens with one attached hydrogen (secondary N) is 2. The van der Waals surface area contributed by atoms with Crippen LogP contribution >= 0.6 is 11.6 Å². The maximum Gasteiger partial charge on any atom is 0.159 e. The van der Waals surface area contributed by atoms with Crippen LogP contribution < -0.4 is 16.4 Å². The van der Waals surface area contributed by atoms with Crippen molar-refractivity contribution in [1.29, 1.82) is 0 Å². The van der Waals surface area contributed by atoms with Crippen molar-refractivity contribution < 1.29 is 0 Å². The van der Waals surface area contributed by atoms with Crippen molar-refractivity contribution in [2.75, 3.05) is 16.4 Å². The topological polar surface area (TPSA) is 88.8 Å². The monoisotopic (exact) mass is 318 g/mol. The summed E-state index contributed by atoms with van der Waals surface area (Å²) >= 11 is 6.05. The number of anilines is 4. The minimum Gasteiger partial charge on any atom is -0.393 e. The van der Waals surface area contributed by atoms with E-state index in [-0.39, 0.29) is 0 Å². The van der Waals surface area contributed by atoms with Crippen LogP contribution in [0, 0.1) is 0 Å². The Kier molecular flexibility index (Phi) is 4.58. The van der Waals surface area contributed by atoms with Crippen molar-refractivity contribution in [3.63, 3.8) is 0 Å². The van der Waals surface area contributed by atoms with Crippen LogP contribution in [0.25, 0.3) is 0 Å². The van der Waals surface area contributed by atoms with Crippen molar-refractivity contribution in [2.45, 2.75) is 38.1 Å². The van der Waals surface area contributed by atoms with Crippen LogP contribution in [0.2, 0.25) is 5.15 Å². The molecule has 1 aliphatic rings. The summed E-state index contributed by atoms with van der Waals surface area (Å²) in [5.74, 6) is 1.20. The molecule has 116 valence electrons. The number of nitrogen functional groups attached to an aromatic ring is 1. The molecule has 1 saturated carbocycles. The summed E-state index contributed by atoms with van der Waals surface area (Å²) < 4.78 is 0. The highest BCUT2D eigenvalue weighted by Gasteiger charge is 2.16. The van der Waals surface area contributed by atoms with E-state index in [0.29, 0.717) is 34.2 Å². The SMILES string of the molecule is Nc1c(Nc2cccnc2Cl)ncnc1NC1CCCCC1. The van der Waals surface area contributed by atoms with E-state index < -0.39 is 0 Å². The van der Waals surface area contributed by atoms with Crippen molar-refractivity contribution in [1.82, 2.24) is 15.0 Å². The lowest BCUT2D eigenvalue weighted by atomic mass is 9.95. The Morgan fingerprint density at radius 2 is 1.86 bits per heavy atom. The predicted octanol–water partition coefficient (Wildman–Crippen LogP) is 3.60. The summed E-state index contributed by atoms with van der Waals surface area (Å²) in [6, 6.07) is 4.05. The van der Waals surface area contributed by atoms with E-state index in [2.05, 4.69) is 25.6 Å². The lowest BCUT2D eigenvalue weighted by molar-refractivity contribution is 0.462. The standard InChI is InChI=1S/C15H19ClN6/c16-13-11(7-4-8-18-13)22-15-12(17)14(19-9-20-15)21-10-5-2-1-3-6-10/h4,7-10H,1-3,5-6,17H2,(H2,19,20,21,22). The maximum atomic E-state index is 6.18. The third kappa shape index (κ3) is 3.39. The van der Waals surface area contributed by atoms with Gasteiger partial charge >= 0.3 is 0 Å². The molecule has 0 unspecified atom stereocenters. The number of rotatable bonds is 4. The summed E-state index contributed by atoms with van der Waals surface area (Å²) in [7, 11) is 0. The average molecular weight is 319 g/mol. The van der Waals surface area contributed by atoms with Gasteiger partial charge in [0.25, 0.3) is 0 Å². The Bertz CT molecular complexity index is 642. The van der Waals surface area contributed by atoms with Crippen molar-refractivity contribution in [3.05, 3.63) is 29.8 Å². The number of hydrogen-bond acceptors (Lipinski definition) is 6. The van der Waals surface area contributed by atoms with Crippen LogP contribution in [-0.4, -0.2) is 21.0 Å². The first-order valence-electron chi connectivity index (χ1n) is 7.48. The van der Waals surface area contributed by atoms with Crippen LogP contribution in [-0.2, 0) is 0 Å². The zero-order valence-electron chi connectivity index (χ0n) is 12.2. The molecule has 0 spiro atoms. The Morgan fingerprint density at radius 3 is 2.64 bits per heavy atom. The molecule has 0 aliphatic heterocycles. The van der Waals surface area contributed by atoms with Crippen LogP contribution in [0.1, 0.15) is 32.1 Å². The first-order chi connectivity index (χ1) is 10.7. The fraction of sp³-hybridized carbons (Fsp3) is 0.400. The summed E-state index contributed by atoms with van der Waals surface area (Å²) in [5.41, 5.74) is 7.34. The van der Waals surface area contributed by atoms with Gasteiger partial charge in [-0.3, -0.25) is 0 Å². The molecule has 0 bridgehead atoms. The molecule has 2 aromatic heterocycles. The van der Waals surface area contributed by atoms with Crippen LogP contribution in [0.3, 0.4) is 0 Å². The Morgan fingerprint density at radius 1 is 1.09 bits per heavy atom. The Hall–Kier alpha value is -2.08. The highest BCUT2D eigenvalue weighted by molar-refractivity contribution is 6.32. The lowest BCUT2D eigenvalue weighted by Crippen LogP contribution is -2.23. The van der Waals surface area contributed by atoms with Gasteiger partial charge in [0.1, 0.15) is 12.0 Å². The molecule has 1 aliphatic carbocycles. The second-order valence-corrected chi connectivity index (χ2v) is 5.79. The summed E-state index contributed by atoms with van der Waals surface area (Å²) in [5, 5.41) is 6.91. The molecule has 0 amide bonds. The van der Waals surface area contributed by atoms with Crippen molar-refractivity contribution in [2.24, 2.45) is 0 Å². The quantitative estimate of drug-likeness (QED) is 0.746. The third-order valence-electron chi connectivity index (χ3n) is 3.84. The summed E-state index contributed by atoms with van der Waals surface area (Å²) in [6.45, 7) is 0. The summed E-state index contributed by atoms with van der Waals surface area (Å²) in [6.07, 6.45) is 9.24. The number of aromatic nitrogens is 3. The molecule has 1 fully saturated rings. The minimum absolute atomic E-state index is 0.377. The first kappa shape index (κ1) is 14.8. The molecular weight excluding hydrogens is 300 g/mol. The van der Waals surface area contributed by atoms with Gasteiger partial charge in [0.05, 0.1) is 5.69 Å². The number of halogens is 1. The molecule has 0 radical (unpaired) electrons. The van der Waals surface area contributed by atoms with E-state index >= 15 is 0 Å². The van der Waals surface area contributed by atoms with Gasteiger partial charge in [0.2, 0.25) is 0 Å². The second kappa shape index (κ2) is 6.79. The zero-order valence-corrected chi connectivity index (χ0v) is 13.0. The first-order valence-corrected chi connectivity index (χ1v) is 7.86. The third-order valence-corrected chi connectivity index (χ3v) is 4.14. The molecule has 0 saturated heterocycles. The highest BCUT2D eigenvalue weighted by Crippen LogP contribution is 2.30. The fourth-order valence-electron chi connectivity index (χ4n) is 2.66. The molecule has 7 heteroatoms. The van der Waals surface area contributed by atoms with Crippen LogP contribution in [0.15, 0.2) is 24.7 Å². The number of pyridine rings is 1. The van der Waals surface area contributed by atoms with E-state index in [0.717, 1.165) is 12.8 Å². The van der Waals surface area contributed by atoms with E-state index in [1.165, 1.54) is 25.6 Å². The minimum atomic E-state index is 0.377. The van der Waals surface area contributed by atoms with Gasteiger partial charge in [-0.1, -0.05) is 30.9 Å². The van der Waals surface area contributed by atoms with E-state index in [1.807, 2.05) is 6.07 Å². The molecule has 2 aromatic rings. The molecular formula is C15H19ClN6. The Balaban J connectivity index is 1.78. The van der Waals surface area contributed by atoms with E-state index in [9.17, 15) is 0 Å². The summed E-state index contributed by atoms with van der Waals surface area (Å²) in [4.78, 5) is 12.5. The van der Waals surface area contributed by atoms with E-state index in [1.54, 1.807) is 12.3 Å². The number of hydrogen-bond donors (Lipinski definition) is 3. The molecule has 3 rings (SSSR count). The molecule has 0 aromatic carbocycles. The molecule has 6 nitrogen and oxygen atoms in total. The maximum absolute atomic E-state index is 6.18. The second-order valence-electron chi connectivity index (χ2n) is 5.43. The Labute approximate surface area is 134 Å². The predicted molar refractivity (Wildman–Crippen MR) is 89.5 cm³/mol. The van der Waals surface area contributed by atoms with Gasteiger partial charge in [-0.15, -0.1) is 0 Å². The van der Waals surface area contributed by atoms with Gasteiger partial charge in [-0.05, 0) is 25.0 Å². The van der Waals surface area contributed by atoms with Gasteiger partial charge in [-0.2, -0.15) is 0 Å². The fourth-order valence-corrected chi connectivity index (χ4v) is 2.82. The zero-order chi connectivity index (χ0) is 15.4.